The Morgan fingerprint density at radius 2 is 1.80 bits per heavy atom. The summed E-state index contributed by atoms with van der Waals surface area (Å²) in [5.74, 6) is -0.419. The van der Waals surface area contributed by atoms with Crippen LogP contribution in [0.3, 0.4) is 0 Å². The van der Waals surface area contributed by atoms with Crippen molar-refractivity contribution in [1.82, 2.24) is 10.2 Å². The number of rotatable bonds is 7. The molecule has 0 fully saturated rings. The fourth-order valence-corrected chi connectivity index (χ4v) is 1.86. The van der Waals surface area contributed by atoms with Gasteiger partial charge in [0.1, 0.15) is 5.82 Å². The van der Waals surface area contributed by atoms with Crippen molar-refractivity contribution in [3.8, 4) is 0 Å². The standard InChI is InChI=1S/C15H21FN2O2/c1-11(2)17-15(20)10-18(3)9-14(19)8-12-4-6-13(16)7-5-12/h4-7,11H,8-10H2,1-3H3,(H,17,20). The first-order valence-corrected chi connectivity index (χ1v) is 6.61. The van der Waals surface area contributed by atoms with Crippen LogP contribution in [0.15, 0.2) is 24.3 Å². The molecule has 5 heteroatoms. The van der Waals surface area contributed by atoms with E-state index in [9.17, 15) is 14.0 Å². The predicted molar refractivity (Wildman–Crippen MR) is 75.9 cm³/mol. The number of amides is 1. The van der Waals surface area contributed by atoms with Crippen molar-refractivity contribution in [3.05, 3.63) is 35.6 Å². The van der Waals surface area contributed by atoms with Crippen LogP contribution in [0.2, 0.25) is 0 Å². The van der Waals surface area contributed by atoms with Crippen molar-refractivity contribution in [2.45, 2.75) is 26.3 Å². The Labute approximate surface area is 119 Å². The van der Waals surface area contributed by atoms with Crippen LogP contribution in [0, 0.1) is 5.82 Å². The second-order valence-corrected chi connectivity index (χ2v) is 5.24. The molecule has 0 spiro atoms. The highest BCUT2D eigenvalue weighted by Crippen LogP contribution is 2.04. The molecule has 0 radical (unpaired) electrons. The number of carbonyl (C=O) groups is 2. The Morgan fingerprint density at radius 1 is 1.20 bits per heavy atom. The lowest BCUT2D eigenvalue weighted by Gasteiger charge is -2.16. The molecule has 0 saturated heterocycles. The van der Waals surface area contributed by atoms with Gasteiger partial charge in [0.2, 0.25) is 5.91 Å². The number of carbonyl (C=O) groups excluding carboxylic acids is 2. The van der Waals surface area contributed by atoms with Crippen LogP contribution in [0.25, 0.3) is 0 Å². The topological polar surface area (TPSA) is 49.4 Å². The SMILES string of the molecule is CC(C)NC(=O)CN(C)CC(=O)Cc1ccc(F)cc1. The minimum absolute atomic E-state index is 0.00328. The van der Waals surface area contributed by atoms with E-state index in [2.05, 4.69) is 5.32 Å². The molecule has 1 aromatic carbocycles. The zero-order valence-corrected chi connectivity index (χ0v) is 12.1. The van der Waals surface area contributed by atoms with E-state index in [0.29, 0.717) is 0 Å². The molecule has 0 saturated carbocycles. The van der Waals surface area contributed by atoms with Crippen LogP contribution < -0.4 is 5.32 Å². The fraction of sp³-hybridized carbons (Fsp3) is 0.467. The van der Waals surface area contributed by atoms with Crippen LogP contribution in [0.1, 0.15) is 19.4 Å². The molecular formula is C15H21FN2O2. The molecule has 0 aliphatic carbocycles. The van der Waals surface area contributed by atoms with Crippen LogP contribution >= 0.6 is 0 Å². The third-order valence-corrected chi connectivity index (χ3v) is 2.62. The molecule has 0 aliphatic heterocycles. The number of ketones is 1. The summed E-state index contributed by atoms with van der Waals surface area (Å²) in [6.45, 7) is 4.16. The summed E-state index contributed by atoms with van der Waals surface area (Å²) < 4.78 is 12.7. The van der Waals surface area contributed by atoms with Crippen LogP contribution in [0.4, 0.5) is 4.39 Å². The molecule has 0 aliphatic rings. The van der Waals surface area contributed by atoms with Gasteiger partial charge in [0, 0.05) is 12.5 Å². The molecule has 1 N–H and O–H groups in total. The Kier molecular flexibility index (Phi) is 6.31. The van der Waals surface area contributed by atoms with E-state index < -0.39 is 0 Å². The van der Waals surface area contributed by atoms with Gasteiger partial charge in [0.25, 0.3) is 0 Å². The van der Waals surface area contributed by atoms with Crippen molar-refractivity contribution < 1.29 is 14.0 Å². The lowest BCUT2D eigenvalue weighted by Crippen LogP contribution is -2.40. The van der Waals surface area contributed by atoms with Gasteiger partial charge in [-0.1, -0.05) is 12.1 Å². The Morgan fingerprint density at radius 3 is 2.35 bits per heavy atom. The number of hydrogen-bond donors (Lipinski definition) is 1. The highest BCUT2D eigenvalue weighted by atomic mass is 19.1. The van der Waals surface area contributed by atoms with E-state index in [1.165, 1.54) is 12.1 Å². The van der Waals surface area contributed by atoms with Crippen molar-refractivity contribution in [2.75, 3.05) is 20.1 Å². The van der Waals surface area contributed by atoms with Crippen molar-refractivity contribution in [2.24, 2.45) is 0 Å². The molecular weight excluding hydrogens is 259 g/mol. The molecule has 0 bridgehead atoms. The number of nitrogens with one attached hydrogen (secondary N) is 1. The normalized spacial score (nSPS) is 10.9. The summed E-state index contributed by atoms with van der Waals surface area (Å²) in [5.41, 5.74) is 0.774. The Hall–Kier alpha value is -1.75. The average Bonchev–Trinajstić information content (AvgIpc) is 2.30. The highest BCUT2D eigenvalue weighted by molar-refractivity contribution is 5.84. The Balaban J connectivity index is 2.38. The highest BCUT2D eigenvalue weighted by Gasteiger charge is 2.11. The second-order valence-electron chi connectivity index (χ2n) is 5.24. The van der Waals surface area contributed by atoms with Crippen LogP contribution in [-0.2, 0) is 16.0 Å². The summed E-state index contributed by atoms with van der Waals surface area (Å²) in [4.78, 5) is 25.1. The maximum absolute atomic E-state index is 12.7. The van der Waals surface area contributed by atoms with E-state index in [0.717, 1.165) is 5.56 Å². The van der Waals surface area contributed by atoms with Crippen LogP contribution in [-0.4, -0.2) is 42.8 Å². The lowest BCUT2D eigenvalue weighted by molar-refractivity contribution is -0.123. The van der Waals surface area contributed by atoms with Gasteiger partial charge in [0.05, 0.1) is 13.1 Å². The maximum atomic E-state index is 12.7. The van der Waals surface area contributed by atoms with Gasteiger partial charge in [-0.3, -0.25) is 14.5 Å². The number of likely N-dealkylation sites (N-methyl/N-ethyl adjacent to an activating group) is 1. The zero-order valence-electron chi connectivity index (χ0n) is 12.1. The van der Waals surface area contributed by atoms with Gasteiger partial charge in [-0.25, -0.2) is 4.39 Å². The first kappa shape index (κ1) is 16.3. The molecule has 1 aromatic rings. The quantitative estimate of drug-likeness (QED) is 0.821. The average molecular weight is 280 g/mol. The van der Waals surface area contributed by atoms with Gasteiger partial charge in [-0.15, -0.1) is 0 Å². The molecule has 20 heavy (non-hydrogen) atoms. The summed E-state index contributed by atoms with van der Waals surface area (Å²) in [6, 6.07) is 5.95. The summed E-state index contributed by atoms with van der Waals surface area (Å²) in [7, 11) is 1.72. The molecule has 0 unspecified atom stereocenters. The first-order chi connectivity index (χ1) is 9.36. The molecule has 110 valence electrons. The van der Waals surface area contributed by atoms with Gasteiger partial charge in [0.15, 0.2) is 5.78 Å². The Bertz CT molecular complexity index is 457. The predicted octanol–water partition coefficient (Wildman–Crippen LogP) is 1.39. The minimum atomic E-state index is -0.316. The third kappa shape index (κ3) is 6.43. The van der Waals surface area contributed by atoms with Gasteiger partial charge in [-0.05, 0) is 38.6 Å². The summed E-state index contributed by atoms with van der Waals surface area (Å²) in [5, 5.41) is 2.77. The monoisotopic (exact) mass is 280 g/mol. The number of halogens is 1. The lowest BCUT2D eigenvalue weighted by atomic mass is 10.1. The molecule has 1 rings (SSSR count). The van der Waals surface area contributed by atoms with Crippen molar-refractivity contribution in [3.63, 3.8) is 0 Å². The second kappa shape index (κ2) is 7.75. The van der Waals surface area contributed by atoms with Crippen molar-refractivity contribution >= 4 is 11.7 Å². The minimum Gasteiger partial charge on any atom is -0.353 e. The number of nitrogens with zero attached hydrogens (tertiary/aromatic N) is 1. The zero-order chi connectivity index (χ0) is 15.1. The van der Waals surface area contributed by atoms with E-state index in [1.807, 2.05) is 13.8 Å². The van der Waals surface area contributed by atoms with E-state index in [1.54, 1.807) is 24.1 Å². The smallest absolute Gasteiger partial charge is 0.234 e. The number of Topliss-reactive ketones (excluding diaryl/α,β-unsaturated/α-hetero) is 1. The molecule has 0 heterocycles. The van der Waals surface area contributed by atoms with Gasteiger partial charge < -0.3 is 5.32 Å². The van der Waals surface area contributed by atoms with E-state index >= 15 is 0 Å². The number of hydrogen-bond acceptors (Lipinski definition) is 3. The van der Waals surface area contributed by atoms with Gasteiger partial charge in [-0.2, -0.15) is 0 Å². The maximum Gasteiger partial charge on any atom is 0.234 e. The molecule has 0 aromatic heterocycles. The van der Waals surface area contributed by atoms with Crippen molar-refractivity contribution in [1.29, 1.82) is 0 Å². The number of benzene rings is 1. The van der Waals surface area contributed by atoms with Crippen LogP contribution in [0.5, 0.6) is 0 Å². The van der Waals surface area contributed by atoms with E-state index in [4.69, 9.17) is 0 Å². The molecule has 1 amide bonds. The largest absolute Gasteiger partial charge is 0.353 e. The molecule has 0 atom stereocenters. The molecule has 4 nitrogen and oxygen atoms in total. The fourth-order valence-electron chi connectivity index (χ4n) is 1.86. The third-order valence-electron chi connectivity index (χ3n) is 2.62. The first-order valence-electron chi connectivity index (χ1n) is 6.61. The van der Waals surface area contributed by atoms with E-state index in [-0.39, 0.29) is 43.1 Å². The summed E-state index contributed by atoms with van der Waals surface area (Å²) in [6.07, 6.45) is 0.246. The summed E-state index contributed by atoms with van der Waals surface area (Å²) >= 11 is 0. The van der Waals surface area contributed by atoms with Gasteiger partial charge >= 0.3 is 0 Å².